The number of aryl methyl sites for hydroxylation is 1. The van der Waals surface area contributed by atoms with E-state index in [2.05, 4.69) is 24.1 Å². The number of fused-ring (bicyclic) bond motifs is 1. The summed E-state index contributed by atoms with van der Waals surface area (Å²) in [5, 5.41) is 3.90. The maximum atomic E-state index is 13.6. The van der Waals surface area contributed by atoms with E-state index in [9.17, 15) is 14.4 Å². The van der Waals surface area contributed by atoms with Crippen LogP contribution in [0.4, 0.5) is 5.69 Å². The van der Waals surface area contributed by atoms with E-state index in [1.54, 1.807) is 13.0 Å². The van der Waals surface area contributed by atoms with Gasteiger partial charge < -0.3 is 19.4 Å². The van der Waals surface area contributed by atoms with Gasteiger partial charge >= 0.3 is 5.97 Å². The number of ether oxygens (including phenoxy) is 1. The van der Waals surface area contributed by atoms with Crippen molar-refractivity contribution in [3.8, 4) is 22.5 Å². The van der Waals surface area contributed by atoms with E-state index in [4.69, 9.17) is 9.15 Å². The van der Waals surface area contributed by atoms with Crippen LogP contribution in [0.2, 0.25) is 0 Å². The molecule has 4 aromatic rings. The lowest BCUT2D eigenvalue weighted by Crippen LogP contribution is -2.45. The highest BCUT2D eigenvalue weighted by Gasteiger charge is 2.33. The van der Waals surface area contributed by atoms with Gasteiger partial charge in [-0.15, -0.1) is 0 Å². The van der Waals surface area contributed by atoms with E-state index in [0.717, 1.165) is 65.7 Å². The van der Waals surface area contributed by atoms with Crippen molar-refractivity contribution in [1.29, 1.82) is 0 Å². The fourth-order valence-corrected chi connectivity index (χ4v) is 6.47. The van der Waals surface area contributed by atoms with Gasteiger partial charge in [-0.1, -0.05) is 61.7 Å². The number of amides is 1. The number of hydrogen-bond donors (Lipinski definition) is 1. The molecule has 1 aliphatic rings. The molecule has 0 bridgehead atoms. The van der Waals surface area contributed by atoms with Crippen LogP contribution in [0.3, 0.4) is 0 Å². The number of ketones is 1. The van der Waals surface area contributed by atoms with Crippen LogP contribution in [0.1, 0.15) is 86.1 Å². The Hall–Kier alpha value is -4.39. The monoisotopic (exact) mass is 608 g/mol. The third-order valence-electron chi connectivity index (χ3n) is 8.93. The Labute approximate surface area is 265 Å². The third-order valence-corrected chi connectivity index (χ3v) is 8.93. The van der Waals surface area contributed by atoms with Crippen LogP contribution in [-0.4, -0.2) is 43.4 Å². The molecular formula is C38H44N2O5. The van der Waals surface area contributed by atoms with Gasteiger partial charge in [-0.05, 0) is 64.3 Å². The van der Waals surface area contributed by atoms with Gasteiger partial charge in [0, 0.05) is 59.4 Å². The van der Waals surface area contributed by atoms with Crippen LogP contribution < -0.4 is 10.2 Å². The molecule has 1 amide bonds. The van der Waals surface area contributed by atoms with Gasteiger partial charge in [0.2, 0.25) is 0 Å². The molecule has 0 aliphatic heterocycles. The number of carbonyl (C=O) groups excluding carboxylic acids is 3. The molecule has 0 radical (unpaired) electrons. The molecular weight excluding hydrogens is 564 g/mol. The van der Waals surface area contributed by atoms with Crippen molar-refractivity contribution in [3.05, 3.63) is 77.4 Å². The van der Waals surface area contributed by atoms with E-state index >= 15 is 0 Å². The number of Topliss-reactive ketones (excluding diaryl/α,β-unsaturated/α-hetero) is 1. The summed E-state index contributed by atoms with van der Waals surface area (Å²) in [7, 11) is 0. The quantitative estimate of drug-likeness (QED) is 0.136. The molecule has 1 aromatic heterocycles. The zero-order valence-corrected chi connectivity index (χ0v) is 27.1. The Bertz CT molecular complexity index is 1680. The minimum absolute atomic E-state index is 0.0163. The smallest absolute Gasteiger partial charge is 0.311 e. The number of furan rings is 1. The third kappa shape index (κ3) is 6.68. The Balaban J connectivity index is 1.59. The highest BCUT2D eigenvalue weighted by molar-refractivity contribution is 6.13. The first-order valence-electron chi connectivity index (χ1n) is 16.3. The van der Waals surface area contributed by atoms with Crippen molar-refractivity contribution in [2.75, 3.05) is 24.6 Å². The molecule has 45 heavy (non-hydrogen) atoms. The van der Waals surface area contributed by atoms with Crippen molar-refractivity contribution >= 4 is 34.3 Å². The van der Waals surface area contributed by atoms with E-state index in [0.29, 0.717) is 41.9 Å². The highest BCUT2D eigenvalue weighted by atomic mass is 16.5. The number of carbonyl (C=O) groups is 3. The molecule has 5 rings (SSSR count). The first kappa shape index (κ1) is 32.0. The number of anilines is 1. The SMILES string of the molecule is CCOC(=O)[C@H]1CCCC[C@@H]1NC(=O)c1cccc(-c2cc3c(C(=O)CC)c(-c4ccc(C)cc4)oc3cc2N(CC)CC)c1. The Morgan fingerprint density at radius 1 is 0.911 bits per heavy atom. The number of nitrogens with one attached hydrogen (secondary N) is 1. The summed E-state index contributed by atoms with van der Waals surface area (Å²) < 4.78 is 11.8. The van der Waals surface area contributed by atoms with Crippen molar-refractivity contribution in [3.63, 3.8) is 0 Å². The summed E-state index contributed by atoms with van der Waals surface area (Å²) in [5.74, 6) is -0.189. The number of hydrogen-bond acceptors (Lipinski definition) is 6. The van der Waals surface area contributed by atoms with Gasteiger partial charge in [-0.3, -0.25) is 14.4 Å². The average Bonchev–Trinajstić information content (AvgIpc) is 3.43. The fraction of sp³-hybridized carbons (Fsp3) is 0.395. The fourth-order valence-electron chi connectivity index (χ4n) is 6.47. The highest BCUT2D eigenvalue weighted by Crippen LogP contribution is 2.41. The second-order valence-corrected chi connectivity index (χ2v) is 11.8. The van der Waals surface area contributed by atoms with Crippen LogP contribution in [0.5, 0.6) is 0 Å². The van der Waals surface area contributed by atoms with E-state index in [1.807, 2.05) is 68.4 Å². The predicted octanol–water partition coefficient (Wildman–Crippen LogP) is 8.37. The Morgan fingerprint density at radius 3 is 2.33 bits per heavy atom. The van der Waals surface area contributed by atoms with Gasteiger partial charge in [0.05, 0.1) is 18.1 Å². The van der Waals surface area contributed by atoms with Crippen molar-refractivity contribution in [2.24, 2.45) is 5.92 Å². The van der Waals surface area contributed by atoms with Gasteiger partial charge in [0.15, 0.2) is 5.78 Å². The van der Waals surface area contributed by atoms with Crippen molar-refractivity contribution < 1.29 is 23.5 Å². The van der Waals surface area contributed by atoms with Crippen LogP contribution in [0, 0.1) is 12.8 Å². The van der Waals surface area contributed by atoms with Crippen LogP contribution in [-0.2, 0) is 9.53 Å². The normalized spacial score (nSPS) is 16.4. The lowest BCUT2D eigenvalue weighted by Gasteiger charge is -2.30. The summed E-state index contributed by atoms with van der Waals surface area (Å²) >= 11 is 0. The summed E-state index contributed by atoms with van der Waals surface area (Å²) in [6, 6.07) is 19.4. The summed E-state index contributed by atoms with van der Waals surface area (Å²) in [6.07, 6.45) is 3.72. The predicted molar refractivity (Wildman–Crippen MR) is 180 cm³/mol. The molecule has 1 saturated carbocycles. The number of esters is 1. The van der Waals surface area contributed by atoms with Crippen LogP contribution >= 0.6 is 0 Å². The van der Waals surface area contributed by atoms with E-state index < -0.39 is 0 Å². The number of benzene rings is 3. The lowest BCUT2D eigenvalue weighted by atomic mass is 9.84. The van der Waals surface area contributed by atoms with Crippen LogP contribution in [0.15, 0.2) is 65.1 Å². The Kier molecular flexibility index (Phi) is 10.1. The lowest BCUT2D eigenvalue weighted by molar-refractivity contribution is -0.150. The zero-order chi connectivity index (χ0) is 32.1. The molecule has 1 fully saturated rings. The molecule has 0 spiro atoms. The minimum atomic E-state index is -0.333. The van der Waals surface area contributed by atoms with E-state index in [1.165, 1.54) is 0 Å². The maximum absolute atomic E-state index is 13.6. The molecule has 1 N–H and O–H groups in total. The molecule has 236 valence electrons. The van der Waals surface area contributed by atoms with Gasteiger partial charge in [0.25, 0.3) is 5.91 Å². The molecule has 3 aromatic carbocycles. The topological polar surface area (TPSA) is 88.8 Å². The molecule has 0 unspecified atom stereocenters. The second kappa shape index (κ2) is 14.1. The first-order chi connectivity index (χ1) is 21.8. The van der Waals surface area contributed by atoms with Gasteiger partial charge in [-0.25, -0.2) is 0 Å². The zero-order valence-electron chi connectivity index (χ0n) is 27.1. The number of nitrogens with zero attached hydrogens (tertiary/aromatic N) is 1. The molecule has 0 saturated heterocycles. The summed E-state index contributed by atoms with van der Waals surface area (Å²) in [5.41, 5.74) is 6.51. The van der Waals surface area contributed by atoms with Gasteiger partial charge in [0.1, 0.15) is 11.3 Å². The molecule has 1 aliphatic carbocycles. The van der Waals surface area contributed by atoms with Crippen LogP contribution in [0.25, 0.3) is 33.4 Å². The van der Waals surface area contributed by atoms with Gasteiger partial charge in [-0.2, -0.15) is 0 Å². The molecule has 7 nitrogen and oxygen atoms in total. The van der Waals surface area contributed by atoms with E-state index in [-0.39, 0.29) is 29.6 Å². The second-order valence-electron chi connectivity index (χ2n) is 11.8. The largest absolute Gasteiger partial charge is 0.466 e. The summed E-state index contributed by atoms with van der Waals surface area (Å²) in [6.45, 7) is 11.8. The van der Waals surface area contributed by atoms with Crippen molar-refractivity contribution in [2.45, 2.75) is 72.8 Å². The Morgan fingerprint density at radius 2 is 1.64 bits per heavy atom. The number of rotatable bonds is 11. The molecule has 1 heterocycles. The molecule has 7 heteroatoms. The molecule has 2 atom stereocenters. The first-order valence-corrected chi connectivity index (χ1v) is 16.3. The van der Waals surface area contributed by atoms with Crippen molar-refractivity contribution in [1.82, 2.24) is 5.32 Å². The standard InChI is InChI=1S/C38H44N2O5/c1-6-33(41)35-30-22-29(32(40(7-2)8-3)23-34(30)45-36(35)25-19-17-24(5)18-20-25)26-13-12-14-27(21-26)37(42)39-31-16-11-10-15-28(31)38(43)44-9-4/h12-14,17-23,28,31H,6-11,15-16H2,1-5H3,(H,39,42)/t28-,31-/m0/s1. The summed E-state index contributed by atoms with van der Waals surface area (Å²) in [4.78, 5) is 41.9. The average molecular weight is 609 g/mol. The minimum Gasteiger partial charge on any atom is -0.466 e. The maximum Gasteiger partial charge on any atom is 0.311 e.